The number of allylic oxidation sites excluding steroid dienone is 1. The summed E-state index contributed by atoms with van der Waals surface area (Å²) in [5.41, 5.74) is 2.16. The summed E-state index contributed by atoms with van der Waals surface area (Å²) in [6.45, 7) is 2.13. The van der Waals surface area contributed by atoms with Crippen molar-refractivity contribution in [3.8, 4) is 0 Å². The summed E-state index contributed by atoms with van der Waals surface area (Å²) in [5.74, 6) is 0.138. The Labute approximate surface area is 101 Å². The number of halogens is 1. The van der Waals surface area contributed by atoms with Gasteiger partial charge in [-0.15, -0.1) is 0 Å². The van der Waals surface area contributed by atoms with Crippen molar-refractivity contribution in [2.75, 3.05) is 0 Å². The van der Waals surface area contributed by atoms with Gasteiger partial charge in [0.05, 0.1) is 0 Å². The molecule has 0 N–H and O–H groups in total. The van der Waals surface area contributed by atoms with E-state index >= 15 is 0 Å². The summed E-state index contributed by atoms with van der Waals surface area (Å²) in [4.78, 5) is 0. The Morgan fingerprint density at radius 2 is 1.76 bits per heavy atom. The summed E-state index contributed by atoms with van der Waals surface area (Å²) in [6, 6.07) is 16.9. The van der Waals surface area contributed by atoms with Gasteiger partial charge < -0.3 is 0 Å². The third-order valence-corrected chi connectivity index (χ3v) is 2.75. The fourth-order valence-corrected chi connectivity index (χ4v) is 1.73. The zero-order valence-electron chi connectivity index (χ0n) is 9.81. The summed E-state index contributed by atoms with van der Waals surface area (Å²) in [5, 5.41) is 0. The molecule has 0 bridgehead atoms. The van der Waals surface area contributed by atoms with Crippen molar-refractivity contribution in [1.82, 2.24) is 0 Å². The van der Waals surface area contributed by atoms with Crippen LogP contribution in [-0.2, 0) is 0 Å². The fraction of sp³-hybridized carbons (Fsp3) is 0.125. The fourth-order valence-electron chi connectivity index (χ4n) is 1.73. The van der Waals surface area contributed by atoms with Crippen LogP contribution in [0.5, 0.6) is 0 Å². The highest BCUT2D eigenvalue weighted by Gasteiger charge is 1.99. The number of hydrogen-bond donors (Lipinski definition) is 0. The molecule has 17 heavy (non-hydrogen) atoms. The average Bonchev–Trinajstić information content (AvgIpc) is 2.37. The van der Waals surface area contributed by atoms with Gasteiger partial charge >= 0.3 is 0 Å². The van der Waals surface area contributed by atoms with Crippen LogP contribution in [0.2, 0.25) is 0 Å². The molecule has 0 aliphatic carbocycles. The molecule has 2 rings (SSSR count). The molecule has 1 unspecified atom stereocenters. The minimum atomic E-state index is -0.195. The smallest absolute Gasteiger partial charge is 0.123 e. The van der Waals surface area contributed by atoms with E-state index in [1.54, 1.807) is 6.07 Å². The minimum Gasteiger partial charge on any atom is -0.207 e. The van der Waals surface area contributed by atoms with E-state index in [1.807, 2.05) is 30.3 Å². The van der Waals surface area contributed by atoms with Crippen molar-refractivity contribution in [2.45, 2.75) is 12.8 Å². The number of benzene rings is 2. The van der Waals surface area contributed by atoms with Gasteiger partial charge in [0, 0.05) is 0 Å². The van der Waals surface area contributed by atoms with Gasteiger partial charge in [0.1, 0.15) is 5.82 Å². The summed E-state index contributed by atoms with van der Waals surface area (Å²) in [7, 11) is 0. The Morgan fingerprint density at radius 1 is 1.00 bits per heavy atom. The minimum absolute atomic E-state index is 0.195. The van der Waals surface area contributed by atoms with Crippen LogP contribution in [0, 0.1) is 5.82 Å². The van der Waals surface area contributed by atoms with Gasteiger partial charge in [-0.25, -0.2) is 4.39 Å². The van der Waals surface area contributed by atoms with Gasteiger partial charge in [0.25, 0.3) is 0 Å². The highest BCUT2D eigenvalue weighted by atomic mass is 19.1. The normalized spacial score (nSPS) is 12.8. The third kappa shape index (κ3) is 3.28. The second kappa shape index (κ2) is 5.44. The van der Waals surface area contributed by atoms with Crippen LogP contribution in [0.3, 0.4) is 0 Å². The van der Waals surface area contributed by atoms with Gasteiger partial charge in [-0.05, 0) is 29.2 Å². The predicted octanol–water partition coefficient (Wildman–Crippen LogP) is 4.64. The Balaban J connectivity index is 2.11. The van der Waals surface area contributed by atoms with Crippen molar-refractivity contribution in [2.24, 2.45) is 0 Å². The van der Waals surface area contributed by atoms with E-state index in [0.717, 1.165) is 5.56 Å². The third-order valence-electron chi connectivity index (χ3n) is 2.75. The van der Waals surface area contributed by atoms with Crippen molar-refractivity contribution in [1.29, 1.82) is 0 Å². The van der Waals surface area contributed by atoms with Gasteiger partial charge in [0.15, 0.2) is 0 Å². The molecule has 0 nitrogen and oxygen atoms in total. The average molecular weight is 226 g/mol. The molecule has 0 aliphatic rings. The van der Waals surface area contributed by atoms with E-state index in [-0.39, 0.29) is 5.82 Å². The van der Waals surface area contributed by atoms with Crippen LogP contribution < -0.4 is 0 Å². The predicted molar refractivity (Wildman–Crippen MR) is 70.3 cm³/mol. The second-order valence-corrected chi connectivity index (χ2v) is 4.11. The standard InChI is InChI=1S/C16H15F/c1-13(15-7-3-2-4-8-15)10-11-14-6-5-9-16(17)12-14/h2-13H,1H3. The molecule has 0 aromatic heterocycles. The van der Waals surface area contributed by atoms with Crippen molar-refractivity contribution < 1.29 is 4.39 Å². The molecule has 0 aliphatic heterocycles. The second-order valence-electron chi connectivity index (χ2n) is 4.11. The van der Waals surface area contributed by atoms with Gasteiger partial charge in [-0.3, -0.25) is 0 Å². The molecule has 2 aromatic carbocycles. The summed E-state index contributed by atoms with van der Waals surface area (Å²) in [6.07, 6.45) is 4.05. The topological polar surface area (TPSA) is 0 Å². The van der Waals surface area contributed by atoms with Crippen molar-refractivity contribution in [3.63, 3.8) is 0 Å². The SMILES string of the molecule is CC(C=Cc1cccc(F)c1)c1ccccc1. The first-order chi connectivity index (χ1) is 8.25. The summed E-state index contributed by atoms with van der Waals surface area (Å²) >= 11 is 0. The lowest BCUT2D eigenvalue weighted by molar-refractivity contribution is 0.627. The highest BCUT2D eigenvalue weighted by molar-refractivity contribution is 5.50. The molecular weight excluding hydrogens is 211 g/mol. The maximum absolute atomic E-state index is 13.0. The molecule has 0 spiro atoms. The lowest BCUT2D eigenvalue weighted by Gasteiger charge is -2.05. The first-order valence-electron chi connectivity index (χ1n) is 5.74. The zero-order chi connectivity index (χ0) is 12.1. The van der Waals surface area contributed by atoms with Crippen LogP contribution >= 0.6 is 0 Å². The van der Waals surface area contributed by atoms with E-state index in [9.17, 15) is 4.39 Å². The van der Waals surface area contributed by atoms with Crippen LogP contribution in [0.4, 0.5) is 4.39 Å². The largest absolute Gasteiger partial charge is 0.207 e. The monoisotopic (exact) mass is 226 g/mol. The van der Waals surface area contributed by atoms with E-state index < -0.39 is 0 Å². The molecule has 0 saturated carbocycles. The molecular formula is C16H15F. The van der Waals surface area contributed by atoms with E-state index in [2.05, 4.69) is 25.1 Å². The van der Waals surface area contributed by atoms with Gasteiger partial charge in [-0.1, -0.05) is 61.5 Å². The first kappa shape index (κ1) is 11.6. The molecule has 0 amide bonds. The molecule has 0 saturated heterocycles. The summed E-state index contributed by atoms with van der Waals surface area (Å²) < 4.78 is 13.0. The lowest BCUT2D eigenvalue weighted by Crippen LogP contribution is -1.87. The van der Waals surface area contributed by atoms with Crippen molar-refractivity contribution >= 4 is 6.08 Å². The molecule has 1 heteroatoms. The van der Waals surface area contributed by atoms with E-state index in [1.165, 1.54) is 17.7 Å². The number of rotatable bonds is 3. The molecule has 0 radical (unpaired) electrons. The molecule has 0 fully saturated rings. The zero-order valence-corrected chi connectivity index (χ0v) is 9.81. The maximum atomic E-state index is 13.0. The van der Waals surface area contributed by atoms with E-state index in [0.29, 0.717) is 5.92 Å². The number of hydrogen-bond acceptors (Lipinski definition) is 0. The maximum Gasteiger partial charge on any atom is 0.123 e. The van der Waals surface area contributed by atoms with Gasteiger partial charge in [0.2, 0.25) is 0 Å². The highest BCUT2D eigenvalue weighted by Crippen LogP contribution is 2.17. The molecule has 2 aromatic rings. The van der Waals surface area contributed by atoms with Crippen molar-refractivity contribution in [3.05, 3.63) is 77.6 Å². The first-order valence-corrected chi connectivity index (χ1v) is 5.74. The quantitative estimate of drug-likeness (QED) is 0.715. The molecule has 86 valence electrons. The van der Waals surface area contributed by atoms with E-state index in [4.69, 9.17) is 0 Å². The van der Waals surface area contributed by atoms with Crippen LogP contribution in [0.15, 0.2) is 60.7 Å². The lowest BCUT2D eigenvalue weighted by atomic mass is 10.00. The van der Waals surface area contributed by atoms with Gasteiger partial charge in [-0.2, -0.15) is 0 Å². The van der Waals surface area contributed by atoms with Crippen LogP contribution in [0.1, 0.15) is 24.0 Å². The Bertz CT molecular complexity index is 500. The Morgan fingerprint density at radius 3 is 2.47 bits per heavy atom. The Hall–Kier alpha value is -1.89. The van der Waals surface area contributed by atoms with Crippen LogP contribution in [0.25, 0.3) is 6.08 Å². The molecule has 1 atom stereocenters. The Kier molecular flexibility index (Phi) is 3.71. The molecule has 0 heterocycles. The van der Waals surface area contributed by atoms with Crippen LogP contribution in [-0.4, -0.2) is 0 Å².